The molecule has 0 bridgehead atoms. The Morgan fingerprint density at radius 2 is 1.65 bits per heavy atom. The molecule has 3 aromatic carbocycles. The first-order valence-electron chi connectivity index (χ1n) is 9.70. The molecule has 0 saturated carbocycles. The normalized spacial score (nSPS) is 10.8. The molecule has 0 aliphatic rings. The smallest absolute Gasteiger partial charge is 0.233 e. The summed E-state index contributed by atoms with van der Waals surface area (Å²) in [5.41, 5.74) is 2.46. The number of carbonyl (C=O) groups excluding carboxylic acids is 1. The van der Waals surface area contributed by atoms with Gasteiger partial charge in [-0.15, -0.1) is 0 Å². The summed E-state index contributed by atoms with van der Waals surface area (Å²) in [5.74, 6) is 1.24. The van der Waals surface area contributed by atoms with E-state index in [2.05, 4.69) is 0 Å². The molecule has 1 amide bonds. The predicted octanol–water partition coefficient (Wildman–Crippen LogP) is 5.74. The van der Waals surface area contributed by atoms with Crippen molar-refractivity contribution in [2.24, 2.45) is 0 Å². The standard InChI is InChI=1S/C24H21ClN2O3S/c1-29-19-12-13-20(30-2)23-22(19)26-24(31-23)27(15-16-8-4-3-5-9-16)21(28)14-17-10-6-7-11-18(17)25/h3-13H,14-15H2,1-2H3. The quantitative estimate of drug-likeness (QED) is 0.358. The van der Waals surface area contributed by atoms with Gasteiger partial charge in [-0.2, -0.15) is 0 Å². The maximum absolute atomic E-state index is 13.4. The second kappa shape index (κ2) is 9.37. The summed E-state index contributed by atoms with van der Waals surface area (Å²) in [7, 11) is 3.22. The number of aromatic nitrogens is 1. The Balaban J connectivity index is 1.77. The molecule has 0 aliphatic carbocycles. The third-order valence-electron chi connectivity index (χ3n) is 4.91. The maximum Gasteiger partial charge on any atom is 0.233 e. The van der Waals surface area contributed by atoms with Crippen molar-refractivity contribution in [3.05, 3.63) is 82.9 Å². The fraction of sp³-hybridized carbons (Fsp3) is 0.167. The first-order chi connectivity index (χ1) is 15.1. The highest BCUT2D eigenvalue weighted by Gasteiger charge is 2.23. The molecule has 1 aromatic heterocycles. The average Bonchev–Trinajstić information content (AvgIpc) is 3.24. The number of carbonyl (C=O) groups is 1. The van der Waals surface area contributed by atoms with E-state index in [0.717, 1.165) is 15.8 Å². The molecule has 7 heteroatoms. The summed E-state index contributed by atoms with van der Waals surface area (Å²) in [6.45, 7) is 0.397. The third-order valence-corrected chi connectivity index (χ3v) is 6.38. The molecule has 0 fully saturated rings. The van der Waals surface area contributed by atoms with E-state index in [-0.39, 0.29) is 12.3 Å². The van der Waals surface area contributed by atoms with Crippen LogP contribution in [-0.4, -0.2) is 25.1 Å². The second-order valence-corrected chi connectivity index (χ2v) is 8.26. The summed E-state index contributed by atoms with van der Waals surface area (Å²) in [4.78, 5) is 19.9. The Bertz CT molecular complexity index is 1170. The summed E-state index contributed by atoms with van der Waals surface area (Å²) >= 11 is 7.71. The average molecular weight is 453 g/mol. The van der Waals surface area contributed by atoms with Crippen LogP contribution in [0.1, 0.15) is 11.1 Å². The molecular weight excluding hydrogens is 432 g/mol. The number of nitrogens with zero attached hydrogens (tertiary/aromatic N) is 2. The predicted molar refractivity (Wildman–Crippen MR) is 126 cm³/mol. The van der Waals surface area contributed by atoms with Gasteiger partial charge in [-0.3, -0.25) is 9.69 Å². The van der Waals surface area contributed by atoms with Crippen LogP contribution in [0.5, 0.6) is 11.5 Å². The summed E-state index contributed by atoms with van der Waals surface area (Å²) in [5, 5.41) is 1.15. The van der Waals surface area contributed by atoms with Crippen LogP contribution in [0.25, 0.3) is 10.2 Å². The molecule has 0 spiro atoms. The van der Waals surface area contributed by atoms with Crippen molar-refractivity contribution < 1.29 is 14.3 Å². The highest BCUT2D eigenvalue weighted by Crippen LogP contribution is 2.40. The van der Waals surface area contributed by atoms with Gasteiger partial charge >= 0.3 is 0 Å². The SMILES string of the molecule is COc1ccc(OC)c2sc(N(Cc3ccccc3)C(=O)Cc3ccccc3Cl)nc12. The molecular formula is C24H21ClN2O3S. The lowest BCUT2D eigenvalue weighted by atomic mass is 10.1. The molecule has 0 N–H and O–H groups in total. The molecule has 0 saturated heterocycles. The Morgan fingerprint density at radius 1 is 0.968 bits per heavy atom. The number of rotatable bonds is 7. The second-order valence-electron chi connectivity index (χ2n) is 6.88. The molecule has 4 aromatic rings. The van der Waals surface area contributed by atoms with E-state index >= 15 is 0 Å². The van der Waals surface area contributed by atoms with Crippen molar-refractivity contribution in [3.63, 3.8) is 0 Å². The number of methoxy groups -OCH3 is 2. The summed E-state index contributed by atoms with van der Waals surface area (Å²) in [6.07, 6.45) is 0.177. The van der Waals surface area contributed by atoms with Gasteiger partial charge in [-0.05, 0) is 29.3 Å². The fourth-order valence-corrected chi connectivity index (χ4v) is 4.61. The monoisotopic (exact) mass is 452 g/mol. The van der Waals surface area contributed by atoms with Gasteiger partial charge in [0.05, 0.1) is 27.2 Å². The molecule has 1 heterocycles. The van der Waals surface area contributed by atoms with Gasteiger partial charge < -0.3 is 9.47 Å². The number of ether oxygens (including phenoxy) is 2. The van der Waals surface area contributed by atoms with Crippen molar-refractivity contribution in [1.82, 2.24) is 4.98 Å². The third kappa shape index (κ3) is 4.50. The molecule has 31 heavy (non-hydrogen) atoms. The lowest BCUT2D eigenvalue weighted by Gasteiger charge is -2.20. The number of fused-ring (bicyclic) bond motifs is 1. The fourth-order valence-electron chi connectivity index (χ4n) is 3.32. The van der Waals surface area contributed by atoms with E-state index in [9.17, 15) is 4.79 Å². The van der Waals surface area contributed by atoms with Gasteiger partial charge in [0, 0.05) is 5.02 Å². The molecule has 5 nitrogen and oxygen atoms in total. The number of hydrogen-bond acceptors (Lipinski definition) is 5. The van der Waals surface area contributed by atoms with Crippen molar-refractivity contribution in [1.29, 1.82) is 0 Å². The van der Waals surface area contributed by atoms with Crippen LogP contribution in [0.2, 0.25) is 5.02 Å². The molecule has 0 atom stereocenters. The van der Waals surface area contributed by atoms with E-state index in [0.29, 0.717) is 33.7 Å². The van der Waals surface area contributed by atoms with Crippen molar-refractivity contribution in [2.75, 3.05) is 19.1 Å². The highest BCUT2D eigenvalue weighted by atomic mass is 35.5. The van der Waals surface area contributed by atoms with Crippen LogP contribution in [0.3, 0.4) is 0 Å². The number of hydrogen-bond donors (Lipinski definition) is 0. The molecule has 0 aliphatic heterocycles. The number of thiazole rings is 1. The van der Waals surface area contributed by atoms with Crippen LogP contribution < -0.4 is 14.4 Å². The van der Waals surface area contributed by atoms with Crippen LogP contribution in [0.4, 0.5) is 5.13 Å². The van der Waals surface area contributed by atoms with E-state index in [1.165, 1.54) is 11.3 Å². The first-order valence-corrected chi connectivity index (χ1v) is 10.9. The van der Waals surface area contributed by atoms with Crippen LogP contribution in [0, 0.1) is 0 Å². The maximum atomic E-state index is 13.4. The van der Waals surface area contributed by atoms with Gasteiger partial charge in [0.1, 0.15) is 21.7 Å². The first kappa shape index (κ1) is 21.2. The van der Waals surface area contributed by atoms with Crippen LogP contribution >= 0.6 is 22.9 Å². The summed E-state index contributed by atoms with van der Waals surface area (Å²) in [6, 6.07) is 20.9. The Hall–Kier alpha value is -3.09. The van der Waals surface area contributed by atoms with E-state index in [4.69, 9.17) is 26.1 Å². The summed E-state index contributed by atoms with van der Waals surface area (Å²) < 4.78 is 11.8. The zero-order valence-electron chi connectivity index (χ0n) is 17.2. The molecule has 0 radical (unpaired) electrons. The largest absolute Gasteiger partial charge is 0.495 e. The number of anilines is 1. The van der Waals surface area contributed by atoms with Gasteiger partial charge in [-0.1, -0.05) is 71.5 Å². The number of benzene rings is 3. The van der Waals surface area contributed by atoms with Gasteiger partial charge in [0.25, 0.3) is 0 Å². The highest BCUT2D eigenvalue weighted by molar-refractivity contribution is 7.22. The zero-order chi connectivity index (χ0) is 21.8. The Morgan fingerprint density at radius 3 is 2.35 bits per heavy atom. The molecule has 0 unspecified atom stereocenters. The van der Waals surface area contributed by atoms with Crippen LogP contribution in [-0.2, 0) is 17.8 Å². The van der Waals surface area contributed by atoms with Gasteiger partial charge in [0.2, 0.25) is 5.91 Å². The molecule has 4 rings (SSSR count). The van der Waals surface area contributed by atoms with E-state index in [1.807, 2.05) is 60.7 Å². The van der Waals surface area contributed by atoms with Gasteiger partial charge in [0.15, 0.2) is 5.13 Å². The van der Waals surface area contributed by atoms with E-state index < -0.39 is 0 Å². The topological polar surface area (TPSA) is 51.7 Å². The minimum atomic E-state index is -0.0889. The Labute approximate surface area is 189 Å². The number of amides is 1. The van der Waals surface area contributed by atoms with E-state index in [1.54, 1.807) is 25.2 Å². The lowest BCUT2D eigenvalue weighted by molar-refractivity contribution is -0.118. The minimum absolute atomic E-state index is 0.0889. The van der Waals surface area contributed by atoms with Gasteiger partial charge in [-0.25, -0.2) is 4.98 Å². The Kier molecular flexibility index (Phi) is 6.39. The van der Waals surface area contributed by atoms with Crippen LogP contribution in [0.15, 0.2) is 66.7 Å². The van der Waals surface area contributed by atoms with Crippen molar-refractivity contribution in [2.45, 2.75) is 13.0 Å². The molecule has 158 valence electrons. The lowest BCUT2D eigenvalue weighted by Crippen LogP contribution is -2.31. The minimum Gasteiger partial charge on any atom is -0.495 e. The van der Waals surface area contributed by atoms with Crippen molar-refractivity contribution in [3.8, 4) is 11.5 Å². The van der Waals surface area contributed by atoms with Crippen molar-refractivity contribution >= 4 is 44.2 Å². The number of halogens is 1. The zero-order valence-corrected chi connectivity index (χ0v) is 18.7.